The van der Waals surface area contributed by atoms with Crippen LogP contribution in [0.25, 0.3) is 5.69 Å². The second-order valence-corrected chi connectivity index (χ2v) is 10.8. The van der Waals surface area contributed by atoms with Gasteiger partial charge >= 0.3 is 6.09 Å². The van der Waals surface area contributed by atoms with Crippen molar-refractivity contribution in [2.75, 3.05) is 0 Å². The molecule has 0 aliphatic carbocycles. The maximum atomic E-state index is 13.2. The Bertz CT molecular complexity index is 1070. The summed E-state index contributed by atoms with van der Waals surface area (Å²) in [6, 6.07) is 3.39. The van der Waals surface area contributed by atoms with Crippen LogP contribution >= 0.6 is 11.6 Å². The van der Waals surface area contributed by atoms with Gasteiger partial charge in [-0.2, -0.15) is 5.10 Å². The zero-order valence-corrected chi connectivity index (χ0v) is 22.5. The fourth-order valence-electron chi connectivity index (χ4n) is 3.39. The van der Waals surface area contributed by atoms with E-state index in [0.29, 0.717) is 22.7 Å². The molecule has 0 bridgehead atoms. The molecule has 3 N–H and O–H groups in total. The van der Waals surface area contributed by atoms with Gasteiger partial charge in [-0.05, 0) is 62.8 Å². The van der Waals surface area contributed by atoms with Crippen molar-refractivity contribution in [3.8, 4) is 5.69 Å². The molecule has 2 aromatic rings. The topological polar surface area (TPSA) is 127 Å². The number of ether oxygens (including phenoxy) is 1. The van der Waals surface area contributed by atoms with Crippen LogP contribution in [-0.4, -0.2) is 50.4 Å². The number of amides is 3. The molecule has 1 aromatic heterocycles. The van der Waals surface area contributed by atoms with Crippen molar-refractivity contribution in [3.05, 3.63) is 41.4 Å². The highest BCUT2D eigenvalue weighted by Gasteiger charge is 2.31. The molecule has 11 heteroatoms. The first-order valence-corrected chi connectivity index (χ1v) is 12.1. The zero-order valence-electron chi connectivity index (χ0n) is 22.7. The van der Waals surface area contributed by atoms with Gasteiger partial charge in [0.05, 0.1) is 5.69 Å². The molecular weight excluding hydrogens is 484 g/mol. The fraction of sp³-hybridized carbons (Fsp3) is 0.560. The number of carbonyl (C=O) groups excluding carboxylic acids is 3. The number of halogens is 1. The number of aromatic nitrogens is 3. The maximum Gasteiger partial charge on any atom is 0.408 e. The molecule has 0 saturated carbocycles. The van der Waals surface area contributed by atoms with Crippen molar-refractivity contribution in [2.45, 2.75) is 85.5 Å². The second-order valence-electron chi connectivity index (χ2n) is 10.4. The monoisotopic (exact) mass is 521 g/mol. The molecule has 0 unspecified atom stereocenters. The number of alkyl carbamates (subject to hydrolysis) is 1. The van der Waals surface area contributed by atoms with Gasteiger partial charge in [0, 0.05) is 12.9 Å². The normalized spacial score (nSPS) is 13.8. The first kappa shape index (κ1) is 27.4. The maximum absolute atomic E-state index is 13.2. The summed E-state index contributed by atoms with van der Waals surface area (Å²) < 4.78 is 14.6. The SMILES string of the molecule is [2H]CC(C)(C)C[C@H](NC(=O)OC(C)(C)C)C(=O)N[C@@H](CC)C(=O)NCc1cc(Cl)ccc1-n1cncn1. The first-order chi connectivity index (χ1) is 17.2. The van der Waals surface area contributed by atoms with Gasteiger partial charge in [-0.15, -0.1) is 0 Å². The Hall–Kier alpha value is -3.14. The number of carbonyl (C=O) groups is 3. The molecule has 3 amide bonds. The van der Waals surface area contributed by atoms with E-state index in [9.17, 15) is 14.4 Å². The van der Waals surface area contributed by atoms with Crippen LogP contribution in [-0.2, 0) is 20.9 Å². The van der Waals surface area contributed by atoms with Crippen molar-refractivity contribution in [2.24, 2.45) is 5.41 Å². The fourth-order valence-corrected chi connectivity index (χ4v) is 3.59. The predicted molar refractivity (Wildman–Crippen MR) is 138 cm³/mol. The Kier molecular flexibility index (Phi) is 9.31. The average Bonchev–Trinajstić information content (AvgIpc) is 3.33. The van der Waals surface area contributed by atoms with E-state index in [4.69, 9.17) is 17.7 Å². The first-order valence-electron chi connectivity index (χ1n) is 12.5. The Balaban J connectivity index is 2.11. The zero-order chi connectivity index (χ0) is 27.8. The highest BCUT2D eigenvalue weighted by molar-refractivity contribution is 6.30. The van der Waals surface area contributed by atoms with Crippen LogP contribution in [0, 0.1) is 5.41 Å². The summed E-state index contributed by atoms with van der Waals surface area (Å²) in [5.74, 6) is -0.920. The quantitative estimate of drug-likeness (QED) is 0.461. The van der Waals surface area contributed by atoms with Gasteiger partial charge in [0.15, 0.2) is 0 Å². The number of hydrogen-bond acceptors (Lipinski definition) is 6. The lowest BCUT2D eigenvalue weighted by molar-refractivity contribution is -0.130. The summed E-state index contributed by atoms with van der Waals surface area (Å²) in [5.41, 5.74) is 0.131. The van der Waals surface area contributed by atoms with E-state index in [2.05, 4.69) is 26.0 Å². The van der Waals surface area contributed by atoms with Gasteiger partial charge in [-0.25, -0.2) is 14.5 Å². The molecule has 0 aliphatic heterocycles. The lowest BCUT2D eigenvalue weighted by Crippen LogP contribution is -2.54. The number of benzene rings is 1. The lowest BCUT2D eigenvalue weighted by atomic mass is 9.87. The molecule has 10 nitrogen and oxygen atoms in total. The second kappa shape index (κ2) is 12.2. The minimum Gasteiger partial charge on any atom is -0.444 e. The molecule has 2 rings (SSSR count). The Labute approximate surface area is 218 Å². The van der Waals surface area contributed by atoms with Gasteiger partial charge < -0.3 is 20.7 Å². The van der Waals surface area contributed by atoms with Crippen molar-refractivity contribution in [1.82, 2.24) is 30.7 Å². The summed E-state index contributed by atoms with van der Waals surface area (Å²) in [6.45, 7) is 10.8. The van der Waals surface area contributed by atoms with Gasteiger partial charge in [-0.3, -0.25) is 9.59 Å². The van der Waals surface area contributed by atoms with Crippen molar-refractivity contribution < 1.29 is 20.5 Å². The smallest absolute Gasteiger partial charge is 0.408 e. The summed E-state index contributed by atoms with van der Waals surface area (Å²) in [7, 11) is 0. The van der Waals surface area contributed by atoms with Crippen LogP contribution in [0.4, 0.5) is 4.79 Å². The van der Waals surface area contributed by atoms with Gasteiger partial charge in [0.2, 0.25) is 11.8 Å². The standard InChI is InChI=1S/C25H37ClN6O4/c1-8-18(30-22(34)19(12-24(2,3)4)31-23(35)36-25(5,6)7)21(33)28-13-16-11-17(26)9-10-20(16)32-15-27-14-29-32/h9-11,14-15,18-19H,8,12-13H2,1-7H3,(H,28,33)(H,30,34)(H,31,35)/t18-,19-/m0/s1/i2D. The number of rotatable bonds is 9. The van der Waals surface area contributed by atoms with Crippen LogP contribution in [0.5, 0.6) is 0 Å². The van der Waals surface area contributed by atoms with E-state index in [0.717, 1.165) is 0 Å². The molecule has 1 heterocycles. The molecule has 0 fully saturated rings. The Morgan fingerprint density at radius 1 is 1.14 bits per heavy atom. The van der Waals surface area contributed by atoms with Crippen LogP contribution in [0.1, 0.15) is 68.2 Å². The van der Waals surface area contributed by atoms with E-state index in [1.54, 1.807) is 56.9 Å². The molecule has 0 saturated heterocycles. The third-order valence-corrected chi connectivity index (χ3v) is 5.20. The van der Waals surface area contributed by atoms with Crippen LogP contribution in [0.2, 0.25) is 5.02 Å². The van der Waals surface area contributed by atoms with E-state index >= 15 is 0 Å². The molecule has 0 radical (unpaired) electrons. The molecule has 2 atom stereocenters. The molecular formula is C25H37ClN6O4. The van der Waals surface area contributed by atoms with E-state index in [1.807, 2.05) is 13.8 Å². The van der Waals surface area contributed by atoms with E-state index < -0.39 is 41.0 Å². The third kappa shape index (κ3) is 9.49. The minimum absolute atomic E-state index is 0.0538. The highest BCUT2D eigenvalue weighted by Crippen LogP contribution is 2.22. The number of nitrogens with zero attached hydrogens (tertiary/aromatic N) is 3. The van der Waals surface area contributed by atoms with Gasteiger partial charge in [0.1, 0.15) is 30.3 Å². The lowest BCUT2D eigenvalue weighted by Gasteiger charge is -2.29. The van der Waals surface area contributed by atoms with Crippen molar-refractivity contribution in [1.29, 1.82) is 0 Å². The molecule has 1 aromatic carbocycles. The predicted octanol–water partition coefficient (Wildman–Crippen LogP) is 3.76. The van der Waals surface area contributed by atoms with E-state index in [1.165, 1.54) is 6.33 Å². The third-order valence-electron chi connectivity index (χ3n) is 4.97. The number of nitrogens with one attached hydrogen (secondary N) is 3. The molecule has 0 aliphatic rings. The van der Waals surface area contributed by atoms with Crippen molar-refractivity contribution >= 4 is 29.5 Å². The summed E-state index contributed by atoms with van der Waals surface area (Å²) in [5, 5.41) is 12.8. The van der Waals surface area contributed by atoms with Crippen LogP contribution in [0.15, 0.2) is 30.9 Å². The van der Waals surface area contributed by atoms with Gasteiger partial charge in [0.25, 0.3) is 0 Å². The minimum atomic E-state index is -0.983. The van der Waals surface area contributed by atoms with Gasteiger partial charge in [-0.1, -0.05) is 39.3 Å². The summed E-state index contributed by atoms with van der Waals surface area (Å²) >= 11 is 6.16. The van der Waals surface area contributed by atoms with Crippen molar-refractivity contribution in [3.63, 3.8) is 0 Å². The van der Waals surface area contributed by atoms with Crippen LogP contribution in [0.3, 0.4) is 0 Å². The molecule has 0 spiro atoms. The average molecular weight is 522 g/mol. The summed E-state index contributed by atoms with van der Waals surface area (Å²) in [4.78, 5) is 42.5. The Morgan fingerprint density at radius 2 is 1.86 bits per heavy atom. The Morgan fingerprint density at radius 3 is 2.44 bits per heavy atom. The highest BCUT2D eigenvalue weighted by atomic mass is 35.5. The molecule has 36 heavy (non-hydrogen) atoms. The van der Waals surface area contributed by atoms with Crippen LogP contribution < -0.4 is 16.0 Å². The largest absolute Gasteiger partial charge is 0.444 e. The molecule has 198 valence electrons. The van der Waals surface area contributed by atoms with E-state index in [-0.39, 0.29) is 19.9 Å². The summed E-state index contributed by atoms with van der Waals surface area (Å²) in [6.07, 6.45) is 2.73. The number of hydrogen-bond donors (Lipinski definition) is 3.